The molecule has 4 heteroatoms. The number of nitrogens with zero attached hydrogens (tertiary/aromatic N) is 1. The fourth-order valence-corrected chi connectivity index (χ4v) is 1.76. The van der Waals surface area contributed by atoms with Gasteiger partial charge in [-0.1, -0.05) is 0 Å². The number of hydrogen-bond acceptors (Lipinski definition) is 4. The van der Waals surface area contributed by atoms with E-state index in [9.17, 15) is 4.79 Å². The lowest BCUT2D eigenvalue weighted by molar-refractivity contribution is -0.140. The molecule has 94 valence electrons. The minimum absolute atomic E-state index is 0.120. The summed E-state index contributed by atoms with van der Waals surface area (Å²) in [6.45, 7) is 4.12. The number of carbonyl (C=O) groups is 1. The van der Waals surface area contributed by atoms with Crippen LogP contribution in [-0.4, -0.2) is 50.2 Å². The van der Waals surface area contributed by atoms with Crippen LogP contribution in [0, 0.1) is 0 Å². The quantitative estimate of drug-likeness (QED) is 0.497. The lowest BCUT2D eigenvalue weighted by atomic mass is 10.2. The summed E-state index contributed by atoms with van der Waals surface area (Å²) in [5.41, 5.74) is 0. The normalized spacial score (nSPS) is 17.5. The van der Waals surface area contributed by atoms with E-state index < -0.39 is 0 Å². The van der Waals surface area contributed by atoms with E-state index in [0.717, 1.165) is 25.6 Å². The van der Waals surface area contributed by atoms with Crippen molar-refractivity contribution in [2.75, 3.05) is 27.2 Å². The van der Waals surface area contributed by atoms with Crippen LogP contribution in [0.15, 0.2) is 0 Å². The van der Waals surface area contributed by atoms with E-state index in [1.54, 1.807) is 0 Å². The summed E-state index contributed by atoms with van der Waals surface area (Å²) in [6, 6.07) is 1.39. The van der Waals surface area contributed by atoms with Gasteiger partial charge >= 0.3 is 5.97 Å². The van der Waals surface area contributed by atoms with Gasteiger partial charge in [0.1, 0.15) is 0 Å². The van der Waals surface area contributed by atoms with Crippen molar-refractivity contribution in [3.63, 3.8) is 0 Å². The molecule has 1 fully saturated rings. The predicted molar refractivity (Wildman–Crippen MR) is 64.4 cm³/mol. The summed E-state index contributed by atoms with van der Waals surface area (Å²) in [7, 11) is 3.63. The van der Waals surface area contributed by atoms with Crippen molar-refractivity contribution in [1.29, 1.82) is 0 Å². The first-order valence-corrected chi connectivity index (χ1v) is 6.14. The van der Waals surface area contributed by atoms with Gasteiger partial charge in [0.05, 0.1) is 7.11 Å². The van der Waals surface area contributed by atoms with Crippen LogP contribution in [-0.2, 0) is 9.53 Å². The summed E-state index contributed by atoms with van der Waals surface area (Å²) >= 11 is 0. The van der Waals surface area contributed by atoms with Crippen molar-refractivity contribution in [2.45, 2.75) is 44.7 Å². The largest absolute Gasteiger partial charge is 0.469 e. The third kappa shape index (κ3) is 4.94. The number of carbonyl (C=O) groups excluding carboxylic acids is 1. The van der Waals surface area contributed by atoms with Crippen LogP contribution in [0.1, 0.15) is 32.6 Å². The molecular weight excluding hydrogens is 204 g/mol. The maximum atomic E-state index is 10.9. The average molecular weight is 228 g/mol. The molecule has 0 aromatic rings. The second kappa shape index (κ2) is 6.86. The summed E-state index contributed by atoms with van der Waals surface area (Å²) < 4.78 is 4.58. The molecule has 1 aliphatic rings. The van der Waals surface area contributed by atoms with Crippen molar-refractivity contribution >= 4 is 5.97 Å². The van der Waals surface area contributed by atoms with Gasteiger partial charge < -0.3 is 10.1 Å². The van der Waals surface area contributed by atoms with Crippen LogP contribution >= 0.6 is 0 Å². The Hall–Kier alpha value is -0.610. The number of rotatable bonds is 8. The number of ether oxygens (including phenoxy) is 1. The highest BCUT2D eigenvalue weighted by molar-refractivity contribution is 5.69. The van der Waals surface area contributed by atoms with Crippen molar-refractivity contribution in [1.82, 2.24) is 10.2 Å². The number of methoxy groups -OCH3 is 1. The molecule has 4 nitrogen and oxygen atoms in total. The smallest absolute Gasteiger partial charge is 0.305 e. The molecule has 0 saturated heterocycles. The Bertz CT molecular complexity index is 217. The highest BCUT2D eigenvalue weighted by Crippen LogP contribution is 2.26. The molecular formula is C12H24N2O2. The van der Waals surface area contributed by atoms with Crippen molar-refractivity contribution in [3.8, 4) is 0 Å². The van der Waals surface area contributed by atoms with Gasteiger partial charge in [-0.15, -0.1) is 0 Å². The summed E-state index contributed by atoms with van der Waals surface area (Å²) in [5, 5.41) is 3.38. The Morgan fingerprint density at radius 3 is 2.81 bits per heavy atom. The topological polar surface area (TPSA) is 41.6 Å². The summed E-state index contributed by atoms with van der Waals surface area (Å²) in [6.07, 6.45) is 4.06. The molecule has 0 amide bonds. The minimum Gasteiger partial charge on any atom is -0.469 e. The van der Waals surface area contributed by atoms with Gasteiger partial charge in [-0.3, -0.25) is 9.69 Å². The van der Waals surface area contributed by atoms with Crippen LogP contribution in [0.4, 0.5) is 0 Å². The van der Waals surface area contributed by atoms with E-state index in [1.165, 1.54) is 20.0 Å². The lowest BCUT2D eigenvalue weighted by Crippen LogP contribution is -2.39. The van der Waals surface area contributed by atoms with Gasteiger partial charge in [-0.2, -0.15) is 0 Å². The van der Waals surface area contributed by atoms with Crippen molar-refractivity contribution < 1.29 is 9.53 Å². The van der Waals surface area contributed by atoms with Gasteiger partial charge in [0, 0.05) is 25.0 Å². The molecule has 0 aromatic heterocycles. The molecule has 0 bridgehead atoms. The first-order valence-electron chi connectivity index (χ1n) is 6.14. The third-order valence-corrected chi connectivity index (χ3v) is 3.22. The molecule has 1 unspecified atom stereocenters. The highest BCUT2D eigenvalue weighted by Gasteiger charge is 2.28. The first kappa shape index (κ1) is 13.5. The van der Waals surface area contributed by atoms with Crippen molar-refractivity contribution in [2.24, 2.45) is 0 Å². The zero-order valence-corrected chi connectivity index (χ0v) is 10.7. The third-order valence-electron chi connectivity index (χ3n) is 3.22. The molecule has 1 rings (SSSR count). The van der Waals surface area contributed by atoms with Gasteiger partial charge in [-0.25, -0.2) is 0 Å². The monoisotopic (exact) mass is 228 g/mol. The zero-order chi connectivity index (χ0) is 12.0. The van der Waals surface area contributed by atoms with Crippen molar-refractivity contribution in [3.05, 3.63) is 0 Å². The van der Waals surface area contributed by atoms with Gasteiger partial charge in [-0.05, 0) is 39.8 Å². The maximum Gasteiger partial charge on any atom is 0.305 e. The lowest BCUT2D eigenvalue weighted by Gasteiger charge is -2.24. The van der Waals surface area contributed by atoms with Gasteiger partial charge in [0.15, 0.2) is 0 Å². The van der Waals surface area contributed by atoms with E-state index >= 15 is 0 Å². The molecule has 0 spiro atoms. The number of esters is 1. The standard InChI is InChI=1S/C12H24N2O2/c1-10(14(2)11-6-7-11)9-13-8-4-5-12(15)16-3/h10-11,13H,4-9H2,1-3H3. The number of nitrogens with one attached hydrogen (secondary N) is 1. The van der Waals surface area contributed by atoms with Crippen LogP contribution in [0.5, 0.6) is 0 Å². The maximum absolute atomic E-state index is 10.9. The Labute approximate surface area is 98.3 Å². The SMILES string of the molecule is COC(=O)CCCNCC(C)N(C)C1CC1. The van der Waals surface area contributed by atoms with Gasteiger partial charge in [0.25, 0.3) is 0 Å². The Morgan fingerprint density at radius 1 is 1.56 bits per heavy atom. The van der Waals surface area contributed by atoms with E-state index in [0.29, 0.717) is 12.5 Å². The second-order valence-corrected chi connectivity index (χ2v) is 4.63. The van der Waals surface area contributed by atoms with Crippen LogP contribution < -0.4 is 5.32 Å². The van der Waals surface area contributed by atoms with E-state index in [-0.39, 0.29) is 5.97 Å². The number of likely N-dealkylation sites (N-methyl/N-ethyl adjacent to an activating group) is 1. The summed E-state index contributed by atoms with van der Waals surface area (Å²) in [4.78, 5) is 13.3. The molecule has 16 heavy (non-hydrogen) atoms. The fraction of sp³-hybridized carbons (Fsp3) is 0.917. The van der Waals surface area contributed by atoms with Crippen LogP contribution in [0.2, 0.25) is 0 Å². The van der Waals surface area contributed by atoms with Crippen LogP contribution in [0.3, 0.4) is 0 Å². The predicted octanol–water partition coefficient (Wildman–Crippen LogP) is 1.01. The fourth-order valence-electron chi connectivity index (χ4n) is 1.76. The molecule has 1 aliphatic carbocycles. The molecule has 0 heterocycles. The second-order valence-electron chi connectivity index (χ2n) is 4.63. The van der Waals surface area contributed by atoms with E-state index in [1.807, 2.05) is 0 Å². The Morgan fingerprint density at radius 2 is 2.25 bits per heavy atom. The van der Waals surface area contributed by atoms with E-state index in [2.05, 4.69) is 28.9 Å². The molecule has 1 atom stereocenters. The van der Waals surface area contributed by atoms with E-state index in [4.69, 9.17) is 0 Å². The van der Waals surface area contributed by atoms with Crippen LogP contribution in [0.25, 0.3) is 0 Å². The molecule has 0 radical (unpaired) electrons. The average Bonchev–Trinajstić information content (AvgIpc) is 3.10. The Kier molecular flexibility index (Phi) is 5.77. The molecule has 1 N–H and O–H groups in total. The highest BCUT2D eigenvalue weighted by atomic mass is 16.5. The van der Waals surface area contributed by atoms with Gasteiger partial charge in [0.2, 0.25) is 0 Å². The molecule has 0 aliphatic heterocycles. The Balaban J connectivity index is 1.95. The zero-order valence-electron chi connectivity index (χ0n) is 10.7. The first-order chi connectivity index (χ1) is 7.65. The molecule has 1 saturated carbocycles. The number of hydrogen-bond donors (Lipinski definition) is 1. The molecule has 0 aromatic carbocycles. The summed E-state index contributed by atoms with van der Waals surface area (Å²) in [5.74, 6) is -0.120. The minimum atomic E-state index is -0.120.